The van der Waals surface area contributed by atoms with Crippen LogP contribution in [0.25, 0.3) is 0 Å². The number of ether oxygens (including phenoxy) is 2. The molecular weight excluding hydrogens is 387 g/mol. The van der Waals surface area contributed by atoms with E-state index >= 15 is 0 Å². The third-order valence-electron chi connectivity index (χ3n) is 3.49. The molecule has 1 amide bonds. The summed E-state index contributed by atoms with van der Waals surface area (Å²) < 4.78 is 49.1. The van der Waals surface area contributed by atoms with Crippen LogP contribution in [-0.2, 0) is 21.4 Å². The average molecular weight is 410 g/mol. The Kier molecular flexibility index (Phi) is 7.62. The van der Waals surface area contributed by atoms with Gasteiger partial charge in [0.25, 0.3) is 5.91 Å². The molecule has 0 fully saturated rings. The molecule has 0 atom stereocenters. The highest BCUT2D eigenvalue weighted by Gasteiger charge is 2.09. The molecule has 2 aromatic carbocycles. The smallest absolute Gasteiger partial charge is 0.258 e. The van der Waals surface area contributed by atoms with Gasteiger partial charge in [-0.2, -0.15) is 0 Å². The molecule has 0 heterocycles. The van der Waals surface area contributed by atoms with Crippen molar-refractivity contribution in [3.63, 3.8) is 0 Å². The van der Waals surface area contributed by atoms with Crippen molar-refractivity contribution in [2.24, 2.45) is 0 Å². The first kappa shape index (κ1) is 21.5. The van der Waals surface area contributed by atoms with Crippen molar-refractivity contribution in [2.45, 2.75) is 19.9 Å². The molecule has 28 heavy (non-hydrogen) atoms. The molecule has 0 unspecified atom stereocenters. The first-order valence-electron chi connectivity index (χ1n) is 8.65. The third-order valence-corrected chi connectivity index (χ3v) is 4.08. The topological polar surface area (TPSA) is 93.7 Å². The summed E-state index contributed by atoms with van der Waals surface area (Å²) >= 11 is 0. The number of nitrogens with one attached hydrogen (secondary N) is 2. The van der Waals surface area contributed by atoms with Gasteiger partial charge in [0.2, 0.25) is 10.0 Å². The molecule has 0 saturated heterocycles. The molecule has 0 radical (unpaired) electrons. The van der Waals surface area contributed by atoms with Gasteiger partial charge in [0.15, 0.2) is 6.61 Å². The van der Waals surface area contributed by atoms with Crippen LogP contribution in [0.5, 0.6) is 11.5 Å². The first-order chi connectivity index (χ1) is 13.3. The van der Waals surface area contributed by atoms with E-state index in [1.165, 1.54) is 12.1 Å². The van der Waals surface area contributed by atoms with E-state index < -0.39 is 15.8 Å². The van der Waals surface area contributed by atoms with Crippen molar-refractivity contribution in [1.29, 1.82) is 0 Å². The maximum Gasteiger partial charge on any atom is 0.258 e. The number of amides is 1. The monoisotopic (exact) mass is 410 g/mol. The number of carbonyl (C=O) groups is 1. The molecule has 0 saturated carbocycles. The van der Waals surface area contributed by atoms with E-state index in [9.17, 15) is 17.6 Å². The van der Waals surface area contributed by atoms with Gasteiger partial charge in [0.1, 0.15) is 17.3 Å². The molecule has 2 N–H and O–H groups in total. The Morgan fingerprint density at radius 2 is 1.71 bits per heavy atom. The largest absolute Gasteiger partial charge is 0.494 e. The lowest BCUT2D eigenvalue weighted by molar-refractivity contribution is -0.123. The van der Waals surface area contributed by atoms with Crippen LogP contribution in [0.3, 0.4) is 0 Å². The Bertz CT molecular complexity index is 901. The number of carbonyl (C=O) groups excluding carboxylic acids is 1. The van der Waals surface area contributed by atoms with Crippen LogP contribution in [0.15, 0.2) is 42.5 Å². The van der Waals surface area contributed by atoms with Crippen LogP contribution in [0, 0.1) is 5.82 Å². The van der Waals surface area contributed by atoms with Crippen molar-refractivity contribution in [3.8, 4) is 11.5 Å². The maximum absolute atomic E-state index is 13.9. The van der Waals surface area contributed by atoms with Gasteiger partial charge in [0.05, 0.1) is 18.6 Å². The summed E-state index contributed by atoms with van der Waals surface area (Å²) in [5.41, 5.74) is 0.342. The normalized spacial score (nSPS) is 11.0. The zero-order valence-electron chi connectivity index (χ0n) is 15.7. The van der Waals surface area contributed by atoms with Crippen LogP contribution < -0.4 is 19.5 Å². The van der Waals surface area contributed by atoms with Crippen molar-refractivity contribution >= 4 is 21.6 Å². The van der Waals surface area contributed by atoms with Crippen LogP contribution in [0.2, 0.25) is 0 Å². The molecule has 0 aliphatic rings. The van der Waals surface area contributed by atoms with E-state index in [1.54, 1.807) is 24.3 Å². The number of rotatable bonds is 10. The molecule has 0 spiro atoms. The molecule has 0 aliphatic heterocycles. The highest BCUT2D eigenvalue weighted by Crippen LogP contribution is 2.18. The quantitative estimate of drug-likeness (QED) is 0.628. The van der Waals surface area contributed by atoms with Crippen molar-refractivity contribution in [3.05, 3.63) is 53.8 Å². The first-order valence-corrected chi connectivity index (χ1v) is 10.5. The van der Waals surface area contributed by atoms with Crippen molar-refractivity contribution in [2.75, 3.05) is 24.2 Å². The molecule has 2 rings (SSSR count). The molecule has 9 heteroatoms. The number of anilines is 1. The molecular formula is C19H23FN2O5S. The maximum atomic E-state index is 13.9. The van der Waals surface area contributed by atoms with Gasteiger partial charge < -0.3 is 14.8 Å². The van der Waals surface area contributed by atoms with Gasteiger partial charge in [-0.3, -0.25) is 9.52 Å². The summed E-state index contributed by atoms with van der Waals surface area (Å²) in [6.07, 6.45) is 1.85. The van der Waals surface area contributed by atoms with Gasteiger partial charge in [-0.05, 0) is 48.4 Å². The lowest BCUT2D eigenvalue weighted by atomic mass is 10.2. The highest BCUT2D eigenvalue weighted by molar-refractivity contribution is 7.92. The summed E-state index contributed by atoms with van der Waals surface area (Å²) in [5, 5.41) is 2.61. The van der Waals surface area contributed by atoms with Crippen molar-refractivity contribution in [1.82, 2.24) is 5.32 Å². The number of hydrogen-bond donors (Lipinski definition) is 2. The second kappa shape index (κ2) is 9.93. The average Bonchev–Trinajstić information content (AvgIpc) is 2.65. The fraction of sp³-hybridized carbons (Fsp3) is 0.316. The number of sulfonamides is 1. The van der Waals surface area contributed by atoms with Gasteiger partial charge >= 0.3 is 0 Å². The summed E-state index contributed by atoms with van der Waals surface area (Å²) in [4.78, 5) is 11.9. The Morgan fingerprint density at radius 3 is 2.29 bits per heavy atom. The Morgan fingerprint density at radius 1 is 1.07 bits per heavy atom. The van der Waals surface area contributed by atoms with Gasteiger partial charge in [-0.15, -0.1) is 0 Å². The zero-order chi connectivity index (χ0) is 20.6. The molecule has 0 aromatic heterocycles. The minimum Gasteiger partial charge on any atom is -0.494 e. The van der Waals surface area contributed by atoms with Gasteiger partial charge in [-0.1, -0.05) is 13.0 Å². The molecule has 152 valence electrons. The molecule has 2 aromatic rings. The lowest BCUT2D eigenvalue weighted by Gasteiger charge is -2.10. The number of benzene rings is 2. The van der Waals surface area contributed by atoms with Gasteiger partial charge in [-0.25, -0.2) is 12.8 Å². The second-order valence-electron chi connectivity index (χ2n) is 6.07. The van der Waals surface area contributed by atoms with Crippen LogP contribution in [0.4, 0.5) is 10.1 Å². The van der Waals surface area contributed by atoms with Crippen molar-refractivity contribution < 1.29 is 27.1 Å². The molecule has 7 nitrogen and oxygen atoms in total. The fourth-order valence-corrected chi connectivity index (χ4v) is 2.77. The van der Waals surface area contributed by atoms with E-state index in [0.717, 1.165) is 24.5 Å². The van der Waals surface area contributed by atoms with Crippen LogP contribution >= 0.6 is 0 Å². The minimum absolute atomic E-state index is 0.0854. The van der Waals surface area contributed by atoms with Crippen LogP contribution in [-0.4, -0.2) is 33.8 Å². The SMILES string of the molecule is CCCOc1ccc(OCC(=O)NCc2ccc(NS(C)(=O)=O)c(F)c2)cc1. The van der Waals surface area contributed by atoms with E-state index in [1.807, 2.05) is 6.92 Å². The Balaban J connectivity index is 1.80. The number of halogens is 1. The third kappa shape index (κ3) is 7.43. The second-order valence-corrected chi connectivity index (χ2v) is 7.82. The summed E-state index contributed by atoms with van der Waals surface area (Å²) in [7, 11) is -3.56. The summed E-state index contributed by atoms with van der Waals surface area (Å²) in [5.74, 6) is 0.166. The zero-order valence-corrected chi connectivity index (χ0v) is 16.5. The Labute approximate surface area is 163 Å². The van der Waals surface area contributed by atoms with E-state index in [4.69, 9.17) is 9.47 Å². The lowest BCUT2D eigenvalue weighted by Crippen LogP contribution is -2.28. The van der Waals surface area contributed by atoms with Gasteiger partial charge in [0, 0.05) is 6.54 Å². The molecule has 0 aliphatic carbocycles. The minimum atomic E-state index is -3.56. The predicted molar refractivity (Wildman–Crippen MR) is 104 cm³/mol. The highest BCUT2D eigenvalue weighted by atomic mass is 32.2. The standard InChI is InChI=1S/C19H23FN2O5S/c1-3-10-26-15-5-7-16(8-6-15)27-13-19(23)21-12-14-4-9-18(17(20)11-14)22-28(2,24)25/h4-9,11,22H,3,10,12-13H2,1-2H3,(H,21,23). The van der Waals surface area contributed by atoms with Crippen LogP contribution in [0.1, 0.15) is 18.9 Å². The summed E-state index contributed by atoms with van der Waals surface area (Å²) in [6.45, 7) is 2.55. The fourth-order valence-electron chi connectivity index (χ4n) is 2.20. The van der Waals surface area contributed by atoms with E-state index in [0.29, 0.717) is 17.9 Å². The summed E-state index contributed by atoms with van der Waals surface area (Å²) in [6, 6.07) is 10.9. The van der Waals surface area contributed by atoms with E-state index in [2.05, 4.69) is 10.0 Å². The molecule has 0 bridgehead atoms. The Hall–Kier alpha value is -2.81. The number of hydrogen-bond acceptors (Lipinski definition) is 5. The van der Waals surface area contributed by atoms with E-state index in [-0.39, 0.29) is 24.7 Å². The predicted octanol–water partition coefficient (Wildman–Crippen LogP) is 2.68.